The third-order valence-electron chi connectivity index (χ3n) is 3.64. The molecule has 0 aromatic carbocycles. The maximum atomic E-state index is 5.62. The highest BCUT2D eigenvalue weighted by Gasteiger charge is 2.24. The second-order valence-corrected chi connectivity index (χ2v) is 5.27. The lowest BCUT2D eigenvalue weighted by Crippen LogP contribution is -2.41. The lowest BCUT2D eigenvalue weighted by Gasteiger charge is -2.21. The lowest BCUT2D eigenvalue weighted by molar-refractivity contribution is 0.114. The van der Waals surface area contributed by atoms with Crippen LogP contribution in [0.2, 0.25) is 0 Å². The fraction of sp³-hybridized carbons (Fsp3) is 0.625. The van der Waals surface area contributed by atoms with Gasteiger partial charge in [-0.1, -0.05) is 0 Å². The second kappa shape index (κ2) is 11.4. The van der Waals surface area contributed by atoms with Gasteiger partial charge in [0.25, 0.3) is 0 Å². The maximum absolute atomic E-state index is 5.62. The molecule has 1 aromatic heterocycles. The Labute approximate surface area is 155 Å². The predicted molar refractivity (Wildman–Crippen MR) is 103 cm³/mol. The zero-order chi connectivity index (χ0) is 15.6. The summed E-state index contributed by atoms with van der Waals surface area (Å²) in [6.45, 7) is 7.00. The van der Waals surface area contributed by atoms with Crippen LogP contribution < -0.4 is 10.1 Å². The first-order valence-electron chi connectivity index (χ1n) is 7.89. The summed E-state index contributed by atoms with van der Waals surface area (Å²) < 4.78 is 11.1. The fourth-order valence-corrected chi connectivity index (χ4v) is 2.54. The van der Waals surface area contributed by atoms with Crippen LogP contribution in [0.1, 0.15) is 13.3 Å². The van der Waals surface area contributed by atoms with E-state index < -0.39 is 0 Å². The summed E-state index contributed by atoms with van der Waals surface area (Å²) in [7, 11) is 1.82. The van der Waals surface area contributed by atoms with Gasteiger partial charge in [-0.2, -0.15) is 0 Å². The Balaban J connectivity index is 0.00000264. The molecule has 0 radical (unpaired) electrons. The summed E-state index contributed by atoms with van der Waals surface area (Å²) in [6, 6.07) is 3.77. The Hall–Kier alpha value is -1.09. The van der Waals surface area contributed by atoms with E-state index in [0.717, 1.165) is 44.4 Å². The van der Waals surface area contributed by atoms with Crippen LogP contribution in [-0.4, -0.2) is 62.3 Å². The van der Waals surface area contributed by atoms with E-state index in [4.69, 9.17) is 9.47 Å². The number of ether oxygens (including phenoxy) is 2. The van der Waals surface area contributed by atoms with Crippen LogP contribution in [0, 0.1) is 5.92 Å². The van der Waals surface area contributed by atoms with Crippen molar-refractivity contribution in [2.24, 2.45) is 10.9 Å². The standard InChI is InChI=1S/C16H26N4O2.HI/c1-3-21-13-14-6-9-20(12-14)16(17-2)19-8-10-22-15-5-4-7-18-11-15;/h4-5,7,11,14H,3,6,8-10,12-13H2,1-2H3,(H,17,19);1H. The number of hydrogen-bond donors (Lipinski definition) is 1. The Kier molecular flexibility index (Phi) is 9.93. The van der Waals surface area contributed by atoms with Crippen LogP contribution in [-0.2, 0) is 4.74 Å². The first-order chi connectivity index (χ1) is 10.8. The molecule has 0 aliphatic carbocycles. The van der Waals surface area contributed by atoms with Crippen molar-refractivity contribution in [3.8, 4) is 5.75 Å². The molecule has 23 heavy (non-hydrogen) atoms. The Morgan fingerprint density at radius 3 is 3.09 bits per heavy atom. The van der Waals surface area contributed by atoms with Crippen LogP contribution in [0.4, 0.5) is 0 Å². The van der Waals surface area contributed by atoms with Gasteiger partial charge in [0.15, 0.2) is 5.96 Å². The van der Waals surface area contributed by atoms with Gasteiger partial charge in [0.2, 0.25) is 0 Å². The molecule has 6 nitrogen and oxygen atoms in total. The quantitative estimate of drug-likeness (QED) is 0.308. The van der Waals surface area contributed by atoms with Crippen LogP contribution in [0.3, 0.4) is 0 Å². The number of rotatable bonds is 7. The molecular weight excluding hydrogens is 407 g/mol. The first kappa shape index (κ1) is 20.0. The first-order valence-corrected chi connectivity index (χ1v) is 7.89. The van der Waals surface area contributed by atoms with Crippen molar-refractivity contribution < 1.29 is 9.47 Å². The normalized spacial score (nSPS) is 17.7. The summed E-state index contributed by atoms with van der Waals surface area (Å²) in [5.41, 5.74) is 0. The van der Waals surface area contributed by atoms with Crippen molar-refractivity contribution in [2.75, 3.05) is 46.5 Å². The Morgan fingerprint density at radius 2 is 2.39 bits per heavy atom. The van der Waals surface area contributed by atoms with Gasteiger partial charge < -0.3 is 19.7 Å². The van der Waals surface area contributed by atoms with Crippen molar-refractivity contribution in [1.29, 1.82) is 0 Å². The van der Waals surface area contributed by atoms with E-state index in [-0.39, 0.29) is 24.0 Å². The maximum Gasteiger partial charge on any atom is 0.193 e. The minimum absolute atomic E-state index is 0. The number of nitrogens with one attached hydrogen (secondary N) is 1. The van der Waals surface area contributed by atoms with E-state index in [1.807, 2.05) is 26.1 Å². The molecule has 0 amide bonds. The van der Waals surface area contributed by atoms with Gasteiger partial charge in [-0.3, -0.25) is 9.98 Å². The van der Waals surface area contributed by atoms with Crippen molar-refractivity contribution in [3.05, 3.63) is 24.5 Å². The number of pyridine rings is 1. The molecule has 7 heteroatoms. The molecule has 1 aliphatic heterocycles. The molecule has 2 rings (SSSR count). The zero-order valence-electron chi connectivity index (χ0n) is 13.9. The average Bonchev–Trinajstić information content (AvgIpc) is 3.02. The third-order valence-corrected chi connectivity index (χ3v) is 3.64. The molecule has 2 heterocycles. The number of halogens is 1. The van der Waals surface area contributed by atoms with E-state index in [2.05, 4.69) is 20.2 Å². The Morgan fingerprint density at radius 1 is 1.52 bits per heavy atom. The number of aliphatic imine (C=N–C) groups is 1. The minimum Gasteiger partial charge on any atom is -0.490 e. The molecule has 130 valence electrons. The van der Waals surface area contributed by atoms with Crippen molar-refractivity contribution in [3.63, 3.8) is 0 Å². The van der Waals surface area contributed by atoms with E-state index in [9.17, 15) is 0 Å². The third kappa shape index (κ3) is 6.90. The van der Waals surface area contributed by atoms with Crippen molar-refractivity contribution in [1.82, 2.24) is 15.2 Å². The highest BCUT2D eigenvalue weighted by atomic mass is 127. The average molecular weight is 434 g/mol. The predicted octanol–water partition coefficient (Wildman–Crippen LogP) is 2.01. The summed E-state index contributed by atoms with van der Waals surface area (Å²) in [5, 5.41) is 3.35. The van der Waals surface area contributed by atoms with Gasteiger partial charge >= 0.3 is 0 Å². The summed E-state index contributed by atoms with van der Waals surface area (Å²) in [6.07, 6.45) is 4.61. The molecule has 1 aromatic rings. The fourth-order valence-electron chi connectivity index (χ4n) is 2.54. The smallest absolute Gasteiger partial charge is 0.193 e. The van der Waals surface area contributed by atoms with E-state index in [1.165, 1.54) is 0 Å². The molecule has 0 spiro atoms. The van der Waals surface area contributed by atoms with Gasteiger partial charge in [0, 0.05) is 38.9 Å². The van der Waals surface area contributed by atoms with Gasteiger partial charge in [-0.15, -0.1) is 24.0 Å². The van der Waals surface area contributed by atoms with E-state index in [0.29, 0.717) is 19.1 Å². The molecule has 1 N–H and O–H groups in total. The van der Waals surface area contributed by atoms with Crippen LogP contribution >= 0.6 is 24.0 Å². The molecule has 0 saturated carbocycles. The molecular formula is C16H27IN4O2. The molecule has 1 aliphatic rings. The number of aromatic nitrogens is 1. The van der Waals surface area contributed by atoms with Gasteiger partial charge in [0.1, 0.15) is 12.4 Å². The van der Waals surface area contributed by atoms with Crippen LogP contribution in [0.25, 0.3) is 0 Å². The monoisotopic (exact) mass is 434 g/mol. The molecule has 1 fully saturated rings. The number of likely N-dealkylation sites (tertiary alicyclic amines) is 1. The largest absolute Gasteiger partial charge is 0.490 e. The zero-order valence-corrected chi connectivity index (χ0v) is 16.2. The van der Waals surface area contributed by atoms with Crippen molar-refractivity contribution in [2.45, 2.75) is 13.3 Å². The van der Waals surface area contributed by atoms with Gasteiger partial charge in [-0.05, 0) is 25.5 Å². The van der Waals surface area contributed by atoms with Gasteiger partial charge in [-0.25, -0.2) is 0 Å². The van der Waals surface area contributed by atoms with Crippen LogP contribution in [0.5, 0.6) is 5.75 Å². The second-order valence-electron chi connectivity index (χ2n) is 5.27. The summed E-state index contributed by atoms with van der Waals surface area (Å²) in [4.78, 5) is 10.7. The summed E-state index contributed by atoms with van der Waals surface area (Å²) in [5.74, 6) is 2.33. The number of nitrogens with zero attached hydrogens (tertiary/aromatic N) is 3. The van der Waals surface area contributed by atoms with E-state index in [1.54, 1.807) is 12.4 Å². The van der Waals surface area contributed by atoms with E-state index >= 15 is 0 Å². The summed E-state index contributed by atoms with van der Waals surface area (Å²) >= 11 is 0. The van der Waals surface area contributed by atoms with Gasteiger partial charge in [0.05, 0.1) is 19.3 Å². The van der Waals surface area contributed by atoms with Crippen LogP contribution in [0.15, 0.2) is 29.5 Å². The molecule has 0 bridgehead atoms. The highest BCUT2D eigenvalue weighted by molar-refractivity contribution is 14.0. The Bertz CT molecular complexity index is 459. The highest BCUT2D eigenvalue weighted by Crippen LogP contribution is 2.16. The topological polar surface area (TPSA) is 59.0 Å². The SMILES string of the molecule is CCOCC1CCN(C(=NC)NCCOc2cccnc2)C1.I. The minimum atomic E-state index is 0. The van der Waals surface area contributed by atoms with Crippen molar-refractivity contribution >= 4 is 29.9 Å². The molecule has 1 unspecified atom stereocenters. The number of guanidine groups is 1. The number of hydrogen-bond acceptors (Lipinski definition) is 4. The lowest BCUT2D eigenvalue weighted by atomic mass is 10.1. The molecule has 1 atom stereocenters. The molecule has 1 saturated heterocycles.